The third kappa shape index (κ3) is 4.93. The highest BCUT2D eigenvalue weighted by atomic mass is 16.2. The topological polar surface area (TPSA) is 78.4 Å². The molecule has 5 nitrogen and oxygen atoms in total. The molecule has 1 unspecified atom stereocenters. The van der Waals surface area contributed by atoms with Crippen molar-refractivity contribution in [3.63, 3.8) is 0 Å². The molecular weight excluding hydrogens is 268 g/mol. The SMILES string of the molecule is CNC(=O)C(C)NC(=O)c1ccc(C)cc1C#CCCO. The molecule has 1 aromatic rings. The summed E-state index contributed by atoms with van der Waals surface area (Å²) in [6.45, 7) is 3.50. The molecule has 0 aliphatic rings. The number of carbonyl (C=O) groups excluding carboxylic acids is 2. The van der Waals surface area contributed by atoms with E-state index in [1.807, 2.05) is 19.1 Å². The van der Waals surface area contributed by atoms with E-state index in [0.29, 0.717) is 17.5 Å². The Kier molecular flexibility index (Phi) is 6.44. The zero-order valence-electron chi connectivity index (χ0n) is 12.5. The lowest BCUT2D eigenvalue weighted by Crippen LogP contribution is -2.43. The number of benzene rings is 1. The predicted molar refractivity (Wildman–Crippen MR) is 80.8 cm³/mol. The van der Waals surface area contributed by atoms with Crippen molar-refractivity contribution in [1.82, 2.24) is 10.6 Å². The van der Waals surface area contributed by atoms with Gasteiger partial charge >= 0.3 is 0 Å². The standard InChI is InChI=1S/C16H20N2O3/c1-11-7-8-14(13(10-11)6-4-5-9-19)16(21)18-12(2)15(20)17-3/h7-8,10,12,19H,5,9H2,1-3H3,(H,17,20)(H,18,21). The maximum Gasteiger partial charge on any atom is 0.253 e. The average molecular weight is 288 g/mol. The minimum atomic E-state index is -0.623. The molecule has 0 radical (unpaired) electrons. The number of carbonyl (C=O) groups is 2. The molecule has 1 rings (SSSR count). The van der Waals surface area contributed by atoms with Crippen LogP contribution in [0.1, 0.15) is 34.8 Å². The molecule has 5 heteroatoms. The Morgan fingerprint density at radius 2 is 2.10 bits per heavy atom. The van der Waals surface area contributed by atoms with Crippen LogP contribution in [0.4, 0.5) is 0 Å². The molecule has 1 aromatic carbocycles. The Morgan fingerprint density at radius 1 is 1.38 bits per heavy atom. The Hall–Kier alpha value is -2.32. The molecule has 3 N–H and O–H groups in total. The Bertz CT molecular complexity index is 585. The van der Waals surface area contributed by atoms with E-state index in [2.05, 4.69) is 22.5 Å². The maximum absolute atomic E-state index is 12.2. The highest BCUT2D eigenvalue weighted by molar-refractivity contribution is 5.99. The van der Waals surface area contributed by atoms with Crippen molar-refractivity contribution in [3.05, 3.63) is 34.9 Å². The van der Waals surface area contributed by atoms with Gasteiger partial charge < -0.3 is 15.7 Å². The molecule has 1 atom stereocenters. The van der Waals surface area contributed by atoms with Gasteiger partial charge in [-0.1, -0.05) is 17.9 Å². The van der Waals surface area contributed by atoms with Gasteiger partial charge in [0.1, 0.15) is 6.04 Å². The normalized spacial score (nSPS) is 11.0. The van der Waals surface area contributed by atoms with Gasteiger partial charge in [0.05, 0.1) is 12.2 Å². The van der Waals surface area contributed by atoms with Crippen LogP contribution in [0.5, 0.6) is 0 Å². The monoisotopic (exact) mass is 288 g/mol. The van der Waals surface area contributed by atoms with Crippen LogP contribution in [0.15, 0.2) is 18.2 Å². The van der Waals surface area contributed by atoms with Crippen LogP contribution in [0, 0.1) is 18.8 Å². The van der Waals surface area contributed by atoms with Crippen molar-refractivity contribution in [3.8, 4) is 11.8 Å². The minimum Gasteiger partial charge on any atom is -0.395 e. The lowest BCUT2D eigenvalue weighted by Gasteiger charge is -2.13. The summed E-state index contributed by atoms with van der Waals surface area (Å²) in [5.41, 5.74) is 1.99. The van der Waals surface area contributed by atoms with E-state index in [1.54, 1.807) is 13.0 Å². The van der Waals surface area contributed by atoms with E-state index in [1.165, 1.54) is 7.05 Å². The third-order valence-corrected chi connectivity index (χ3v) is 2.87. The number of aryl methyl sites for hydroxylation is 1. The zero-order valence-corrected chi connectivity index (χ0v) is 12.5. The van der Waals surface area contributed by atoms with Gasteiger partial charge in [0.25, 0.3) is 5.91 Å². The fraction of sp³-hybridized carbons (Fsp3) is 0.375. The summed E-state index contributed by atoms with van der Waals surface area (Å²) in [5, 5.41) is 13.9. The molecular formula is C16H20N2O3. The van der Waals surface area contributed by atoms with E-state index in [-0.39, 0.29) is 18.4 Å². The van der Waals surface area contributed by atoms with Crippen LogP contribution in [0.2, 0.25) is 0 Å². The predicted octanol–water partition coefficient (Wildman–Crippen LogP) is 0.593. The van der Waals surface area contributed by atoms with Gasteiger partial charge in [-0.15, -0.1) is 0 Å². The van der Waals surface area contributed by atoms with E-state index in [9.17, 15) is 9.59 Å². The Labute approximate surface area is 124 Å². The molecule has 0 aliphatic heterocycles. The summed E-state index contributed by atoms with van der Waals surface area (Å²) in [5.74, 6) is 5.07. The molecule has 0 saturated carbocycles. The van der Waals surface area contributed by atoms with Gasteiger partial charge in [-0.2, -0.15) is 0 Å². The average Bonchev–Trinajstić information content (AvgIpc) is 2.46. The maximum atomic E-state index is 12.2. The molecule has 112 valence electrons. The second kappa shape index (κ2) is 8.08. The van der Waals surface area contributed by atoms with Crippen molar-refractivity contribution >= 4 is 11.8 Å². The van der Waals surface area contributed by atoms with Crippen LogP contribution in [-0.4, -0.2) is 36.6 Å². The first kappa shape index (κ1) is 16.7. The quantitative estimate of drug-likeness (QED) is 0.710. The fourth-order valence-corrected chi connectivity index (χ4v) is 1.73. The van der Waals surface area contributed by atoms with Crippen LogP contribution in [-0.2, 0) is 4.79 Å². The minimum absolute atomic E-state index is 0.0198. The van der Waals surface area contributed by atoms with Crippen molar-refractivity contribution in [2.45, 2.75) is 26.3 Å². The van der Waals surface area contributed by atoms with Gasteiger partial charge in [0.15, 0.2) is 0 Å². The van der Waals surface area contributed by atoms with E-state index < -0.39 is 6.04 Å². The highest BCUT2D eigenvalue weighted by Gasteiger charge is 2.17. The Morgan fingerprint density at radius 3 is 2.71 bits per heavy atom. The zero-order chi connectivity index (χ0) is 15.8. The van der Waals surface area contributed by atoms with Crippen LogP contribution in [0.25, 0.3) is 0 Å². The number of likely N-dealkylation sites (N-methyl/N-ethyl adjacent to an activating group) is 1. The van der Waals surface area contributed by atoms with Gasteiger partial charge in [0, 0.05) is 19.0 Å². The molecule has 0 heterocycles. The number of nitrogens with one attached hydrogen (secondary N) is 2. The van der Waals surface area contributed by atoms with Crippen LogP contribution in [0.3, 0.4) is 0 Å². The number of hydrogen-bond donors (Lipinski definition) is 3. The lowest BCUT2D eigenvalue weighted by molar-refractivity contribution is -0.122. The molecule has 2 amide bonds. The van der Waals surface area contributed by atoms with Crippen molar-refractivity contribution in [1.29, 1.82) is 0 Å². The van der Waals surface area contributed by atoms with Gasteiger partial charge in [-0.05, 0) is 31.5 Å². The molecule has 0 saturated heterocycles. The van der Waals surface area contributed by atoms with E-state index >= 15 is 0 Å². The van der Waals surface area contributed by atoms with Gasteiger partial charge in [-0.3, -0.25) is 9.59 Å². The molecule has 21 heavy (non-hydrogen) atoms. The molecule has 0 aromatic heterocycles. The van der Waals surface area contributed by atoms with Crippen LogP contribution < -0.4 is 10.6 Å². The van der Waals surface area contributed by atoms with E-state index in [0.717, 1.165) is 5.56 Å². The molecule has 0 aliphatic carbocycles. The first-order valence-corrected chi connectivity index (χ1v) is 6.72. The summed E-state index contributed by atoms with van der Waals surface area (Å²) in [6, 6.07) is 4.69. The highest BCUT2D eigenvalue weighted by Crippen LogP contribution is 2.11. The second-order valence-corrected chi connectivity index (χ2v) is 4.63. The van der Waals surface area contributed by atoms with Crippen molar-refractivity contribution in [2.24, 2.45) is 0 Å². The second-order valence-electron chi connectivity index (χ2n) is 4.63. The number of aliphatic hydroxyl groups is 1. The summed E-state index contributed by atoms with van der Waals surface area (Å²) in [6.07, 6.45) is 0.351. The molecule has 0 spiro atoms. The number of amides is 2. The molecule has 0 fully saturated rings. The van der Waals surface area contributed by atoms with Gasteiger partial charge in [0.2, 0.25) is 5.91 Å². The van der Waals surface area contributed by atoms with Crippen molar-refractivity contribution in [2.75, 3.05) is 13.7 Å². The Balaban J connectivity index is 2.99. The summed E-state index contributed by atoms with van der Waals surface area (Å²) < 4.78 is 0. The lowest BCUT2D eigenvalue weighted by atomic mass is 10.0. The number of hydrogen-bond acceptors (Lipinski definition) is 3. The first-order valence-electron chi connectivity index (χ1n) is 6.72. The number of rotatable bonds is 4. The number of aliphatic hydroxyl groups excluding tert-OH is 1. The van der Waals surface area contributed by atoms with E-state index in [4.69, 9.17) is 5.11 Å². The smallest absolute Gasteiger partial charge is 0.253 e. The summed E-state index contributed by atoms with van der Waals surface area (Å²) in [4.78, 5) is 23.7. The molecule has 0 bridgehead atoms. The van der Waals surface area contributed by atoms with Crippen LogP contribution >= 0.6 is 0 Å². The largest absolute Gasteiger partial charge is 0.395 e. The summed E-state index contributed by atoms with van der Waals surface area (Å²) in [7, 11) is 1.52. The fourth-order valence-electron chi connectivity index (χ4n) is 1.73. The third-order valence-electron chi connectivity index (χ3n) is 2.87. The first-order chi connectivity index (χ1) is 9.99. The van der Waals surface area contributed by atoms with Gasteiger partial charge in [-0.25, -0.2) is 0 Å². The summed E-state index contributed by atoms with van der Waals surface area (Å²) >= 11 is 0. The van der Waals surface area contributed by atoms with Crippen molar-refractivity contribution < 1.29 is 14.7 Å².